The van der Waals surface area contributed by atoms with Gasteiger partial charge in [0.05, 0.1) is 4.90 Å². The van der Waals surface area contributed by atoms with Crippen LogP contribution in [0, 0.1) is 69.2 Å². The summed E-state index contributed by atoms with van der Waals surface area (Å²) in [5.41, 5.74) is 10.6. The molecule has 3 nitrogen and oxygen atoms in total. The fourth-order valence-electron chi connectivity index (χ4n) is 6.15. The molecule has 0 spiro atoms. The van der Waals surface area contributed by atoms with Crippen LogP contribution in [0.5, 0.6) is 0 Å². The summed E-state index contributed by atoms with van der Waals surface area (Å²) in [7, 11) is -6.94. The van der Waals surface area contributed by atoms with E-state index in [0.29, 0.717) is 0 Å². The molecule has 0 bridgehead atoms. The van der Waals surface area contributed by atoms with Gasteiger partial charge in [-0.15, -0.1) is 0 Å². The molecule has 0 saturated heterocycles. The van der Waals surface area contributed by atoms with E-state index in [-0.39, 0.29) is 4.90 Å². The highest BCUT2D eigenvalue weighted by Crippen LogP contribution is 2.74. The number of benzene rings is 4. The topological polar surface area (TPSA) is 43.4 Å². The van der Waals surface area contributed by atoms with Gasteiger partial charge in [0, 0.05) is 14.7 Å². The van der Waals surface area contributed by atoms with Gasteiger partial charge in [-0.1, -0.05) is 70.8 Å². The molecule has 0 unspecified atom stereocenters. The maximum atomic E-state index is 14.3. The van der Waals surface area contributed by atoms with E-state index in [4.69, 9.17) is 3.63 Å². The Labute approximate surface area is 236 Å². The van der Waals surface area contributed by atoms with Crippen LogP contribution < -0.4 is 0 Å². The lowest BCUT2D eigenvalue weighted by atomic mass is 10.1. The normalized spacial score (nSPS) is 12.6. The van der Waals surface area contributed by atoms with Gasteiger partial charge in [-0.25, -0.2) is 3.63 Å². The standard InChI is InChI=1S/C34H40O3S2/c1-21-11-13-31(14-12-21)39(35,36)37-38(32-25(5)15-22(2)16-26(32)6,33-27(7)17-23(3)18-28(33)8)34-29(9)19-24(4)20-30(34)10/h11-20H,1-10H3. The highest BCUT2D eigenvalue weighted by atomic mass is 32.3. The second-order valence-electron chi connectivity index (χ2n) is 11.1. The SMILES string of the molecule is Cc1ccc(S(=O)(=O)OS(c2c(C)cc(C)cc2C)(c2c(C)cc(C)cc2C)c2c(C)cc(C)cc2C)cc1. The van der Waals surface area contributed by atoms with Gasteiger partial charge in [-0.2, -0.15) is 8.42 Å². The molecule has 206 valence electrons. The van der Waals surface area contributed by atoms with Crippen molar-refractivity contribution in [3.63, 3.8) is 0 Å². The summed E-state index contributed by atoms with van der Waals surface area (Å²) in [5, 5.41) is 0. The molecule has 4 rings (SSSR count). The summed E-state index contributed by atoms with van der Waals surface area (Å²) >= 11 is 0. The highest BCUT2D eigenvalue weighted by molar-refractivity contribution is 8.33. The van der Waals surface area contributed by atoms with Crippen molar-refractivity contribution in [2.24, 2.45) is 0 Å². The Balaban J connectivity index is 2.28. The number of rotatable bonds is 6. The quantitative estimate of drug-likeness (QED) is 0.236. The van der Waals surface area contributed by atoms with E-state index in [0.717, 1.165) is 70.3 Å². The maximum absolute atomic E-state index is 14.3. The van der Waals surface area contributed by atoms with E-state index in [1.165, 1.54) is 0 Å². The lowest BCUT2D eigenvalue weighted by molar-refractivity contribution is 0.507. The summed E-state index contributed by atoms with van der Waals surface area (Å²) in [5.74, 6) is 0. The Hall–Kier alpha value is -2.86. The Morgan fingerprint density at radius 2 is 0.718 bits per heavy atom. The van der Waals surface area contributed by atoms with E-state index in [2.05, 4.69) is 98.7 Å². The van der Waals surface area contributed by atoms with Gasteiger partial charge in [0.25, 0.3) is 0 Å². The van der Waals surface area contributed by atoms with Gasteiger partial charge in [-0.05, 0) is 125 Å². The van der Waals surface area contributed by atoms with Crippen molar-refractivity contribution in [3.05, 3.63) is 116 Å². The molecule has 0 radical (unpaired) electrons. The summed E-state index contributed by atoms with van der Waals surface area (Å²) in [4.78, 5) is 3.02. The molecule has 39 heavy (non-hydrogen) atoms. The summed E-state index contributed by atoms with van der Waals surface area (Å²) in [6.45, 7) is 20.7. The third-order valence-corrected chi connectivity index (χ3v) is 13.2. The van der Waals surface area contributed by atoms with Crippen LogP contribution in [0.25, 0.3) is 0 Å². The first kappa shape index (κ1) is 29.1. The predicted octanol–water partition coefficient (Wildman–Crippen LogP) is 9.37. The van der Waals surface area contributed by atoms with Crippen molar-refractivity contribution >= 4 is 20.4 Å². The monoisotopic (exact) mass is 560 g/mol. The Morgan fingerprint density at radius 1 is 0.436 bits per heavy atom. The third-order valence-electron chi connectivity index (χ3n) is 7.18. The van der Waals surface area contributed by atoms with Gasteiger partial charge in [0.2, 0.25) is 0 Å². The van der Waals surface area contributed by atoms with Crippen molar-refractivity contribution in [2.45, 2.75) is 88.8 Å². The van der Waals surface area contributed by atoms with E-state index in [1.807, 2.05) is 19.1 Å². The second kappa shape index (κ2) is 10.6. The van der Waals surface area contributed by atoms with E-state index >= 15 is 0 Å². The molecule has 0 atom stereocenters. The first-order valence-electron chi connectivity index (χ1n) is 13.3. The second-order valence-corrected chi connectivity index (χ2v) is 15.3. The first-order valence-corrected chi connectivity index (χ1v) is 16.2. The molecule has 0 saturated carbocycles. The predicted molar refractivity (Wildman–Crippen MR) is 164 cm³/mol. The van der Waals surface area contributed by atoms with Crippen LogP contribution in [0.1, 0.15) is 55.6 Å². The van der Waals surface area contributed by atoms with Crippen molar-refractivity contribution in [1.29, 1.82) is 0 Å². The zero-order chi connectivity index (χ0) is 28.9. The minimum Gasteiger partial charge on any atom is -0.203 e. The van der Waals surface area contributed by atoms with E-state index in [1.54, 1.807) is 12.1 Å². The third kappa shape index (κ3) is 5.32. The van der Waals surface area contributed by atoms with Crippen LogP contribution in [0.3, 0.4) is 0 Å². The first-order chi connectivity index (χ1) is 18.2. The fraction of sp³-hybridized carbons (Fsp3) is 0.294. The smallest absolute Gasteiger partial charge is 0.203 e. The average molecular weight is 561 g/mol. The van der Waals surface area contributed by atoms with Crippen molar-refractivity contribution in [3.8, 4) is 0 Å². The molecule has 0 aliphatic rings. The number of aryl methyl sites for hydroxylation is 10. The Bertz CT molecular complexity index is 1470. The van der Waals surface area contributed by atoms with E-state index < -0.39 is 20.4 Å². The molecule has 0 heterocycles. The zero-order valence-corrected chi connectivity index (χ0v) is 26.4. The molecule has 4 aromatic rings. The van der Waals surface area contributed by atoms with Crippen LogP contribution in [-0.4, -0.2) is 8.42 Å². The molecular formula is C34H40O3S2. The lowest BCUT2D eigenvalue weighted by Crippen LogP contribution is -2.20. The molecule has 0 aliphatic heterocycles. The van der Waals surface area contributed by atoms with Crippen LogP contribution >= 0.6 is 10.3 Å². The Kier molecular flexibility index (Phi) is 7.92. The highest BCUT2D eigenvalue weighted by Gasteiger charge is 2.44. The van der Waals surface area contributed by atoms with Crippen LogP contribution in [-0.2, 0) is 13.7 Å². The van der Waals surface area contributed by atoms with E-state index in [9.17, 15) is 8.42 Å². The van der Waals surface area contributed by atoms with Gasteiger partial charge in [0.1, 0.15) is 0 Å². The van der Waals surface area contributed by atoms with Crippen LogP contribution in [0.2, 0.25) is 0 Å². The molecule has 4 aromatic carbocycles. The number of hydrogen-bond acceptors (Lipinski definition) is 3. The summed E-state index contributed by atoms with van der Waals surface area (Å²) in [6.07, 6.45) is 0. The minimum atomic E-state index is -4.17. The molecule has 0 aliphatic carbocycles. The average Bonchev–Trinajstić information content (AvgIpc) is 2.76. The van der Waals surface area contributed by atoms with Gasteiger partial charge in [0.15, 0.2) is 0 Å². The molecule has 0 N–H and O–H groups in total. The zero-order valence-electron chi connectivity index (χ0n) is 24.8. The summed E-state index contributed by atoms with van der Waals surface area (Å²) in [6, 6.07) is 19.8. The van der Waals surface area contributed by atoms with Gasteiger partial charge < -0.3 is 0 Å². The fourth-order valence-corrected chi connectivity index (χ4v) is 12.5. The molecule has 5 heteroatoms. The molecule has 0 amide bonds. The Morgan fingerprint density at radius 3 is 1.00 bits per heavy atom. The number of hydrogen-bond donors (Lipinski definition) is 0. The van der Waals surface area contributed by atoms with Crippen molar-refractivity contribution in [1.82, 2.24) is 0 Å². The van der Waals surface area contributed by atoms with Crippen LogP contribution in [0.4, 0.5) is 0 Å². The van der Waals surface area contributed by atoms with Crippen LogP contribution in [0.15, 0.2) is 80.2 Å². The molecular weight excluding hydrogens is 521 g/mol. The summed E-state index contributed by atoms with van der Waals surface area (Å²) < 4.78 is 35.6. The van der Waals surface area contributed by atoms with Crippen molar-refractivity contribution < 1.29 is 12.0 Å². The van der Waals surface area contributed by atoms with Gasteiger partial charge >= 0.3 is 10.1 Å². The minimum absolute atomic E-state index is 0.164. The van der Waals surface area contributed by atoms with Gasteiger partial charge in [-0.3, -0.25) is 0 Å². The maximum Gasteiger partial charge on any atom is 0.307 e. The molecule has 0 fully saturated rings. The lowest BCUT2D eigenvalue weighted by Gasteiger charge is -2.45. The largest absolute Gasteiger partial charge is 0.307 e. The van der Waals surface area contributed by atoms with Crippen molar-refractivity contribution in [2.75, 3.05) is 0 Å². The molecule has 0 aromatic heterocycles.